The Hall–Kier alpha value is -1.16. The minimum atomic E-state index is 0.0342. The van der Waals surface area contributed by atoms with Gasteiger partial charge in [0.05, 0.1) is 17.6 Å². The third kappa shape index (κ3) is 3.44. The molecular weight excluding hydrogens is 236 g/mol. The molecule has 1 aromatic heterocycles. The number of anilines is 1. The minimum Gasteiger partial charge on any atom is -0.382 e. The van der Waals surface area contributed by atoms with Gasteiger partial charge in [-0.05, 0) is 25.8 Å². The molecule has 1 heterocycles. The predicted octanol–water partition coefficient (Wildman–Crippen LogP) is 2.80. The summed E-state index contributed by atoms with van der Waals surface area (Å²) in [5, 5.41) is 3.42. The van der Waals surface area contributed by atoms with Crippen molar-refractivity contribution in [3.05, 3.63) is 17.7 Å². The highest BCUT2D eigenvalue weighted by Gasteiger charge is 2.26. The molecule has 0 aliphatic heterocycles. The Labute approximate surface area is 116 Å². The molecule has 0 radical (unpaired) electrons. The lowest BCUT2D eigenvalue weighted by Gasteiger charge is -2.27. The van der Waals surface area contributed by atoms with E-state index < -0.39 is 0 Å². The lowest BCUT2D eigenvalue weighted by atomic mass is 9.84. The Bertz CT molecular complexity index is 419. The quantitative estimate of drug-likeness (QED) is 0.801. The van der Waals surface area contributed by atoms with Crippen LogP contribution in [-0.2, 0) is 5.41 Å². The molecule has 1 aliphatic carbocycles. The molecular formula is C15H26N4. The molecule has 0 atom stereocenters. The van der Waals surface area contributed by atoms with Crippen molar-refractivity contribution in [3.63, 3.8) is 0 Å². The molecule has 19 heavy (non-hydrogen) atoms. The molecule has 3 N–H and O–H groups in total. The minimum absolute atomic E-state index is 0.0342. The SMILES string of the molecule is CC(C)(C)c1nc(C2CCC2)ncc1NCCCN. The van der Waals surface area contributed by atoms with Gasteiger partial charge < -0.3 is 11.1 Å². The highest BCUT2D eigenvalue weighted by atomic mass is 15.0. The van der Waals surface area contributed by atoms with Gasteiger partial charge in [-0.25, -0.2) is 9.97 Å². The number of hydrogen-bond donors (Lipinski definition) is 2. The lowest BCUT2D eigenvalue weighted by Crippen LogP contribution is -2.22. The molecule has 2 rings (SSSR count). The van der Waals surface area contributed by atoms with Crippen molar-refractivity contribution in [1.29, 1.82) is 0 Å². The monoisotopic (exact) mass is 262 g/mol. The largest absolute Gasteiger partial charge is 0.382 e. The molecule has 106 valence electrons. The van der Waals surface area contributed by atoms with Crippen LogP contribution < -0.4 is 11.1 Å². The van der Waals surface area contributed by atoms with E-state index in [4.69, 9.17) is 10.7 Å². The van der Waals surface area contributed by atoms with Crippen LogP contribution in [0.4, 0.5) is 5.69 Å². The van der Waals surface area contributed by atoms with Crippen LogP contribution >= 0.6 is 0 Å². The smallest absolute Gasteiger partial charge is 0.131 e. The molecule has 0 spiro atoms. The maximum absolute atomic E-state index is 5.53. The number of aromatic nitrogens is 2. The number of nitrogens with one attached hydrogen (secondary N) is 1. The van der Waals surface area contributed by atoms with Crippen LogP contribution in [0, 0.1) is 0 Å². The normalized spacial score (nSPS) is 16.2. The Morgan fingerprint density at radius 3 is 2.63 bits per heavy atom. The van der Waals surface area contributed by atoms with Gasteiger partial charge in [0.2, 0.25) is 0 Å². The van der Waals surface area contributed by atoms with Crippen LogP contribution in [0.5, 0.6) is 0 Å². The molecule has 1 aromatic rings. The van der Waals surface area contributed by atoms with Gasteiger partial charge in [0.25, 0.3) is 0 Å². The van der Waals surface area contributed by atoms with Crippen LogP contribution in [-0.4, -0.2) is 23.1 Å². The van der Waals surface area contributed by atoms with E-state index in [1.807, 2.05) is 6.20 Å². The first kappa shape index (κ1) is 14.3. The van der Waals surface area contributed by atoms with Gasteiger partial charge >= 0.3 is 0 Å². The number of rotatable bonds is 5. The van der Waals surface area contributed by atoms with Crippen LogP contribution in [0.3, 0.4) is 0 Å². The summed E-state index contributed by atoms with van der Waals surface area (Å²) < 4.78 is 0. The first-order valence-electron chi connectivity index (χ1n) is 7.33. The number of nitrogens with zero attached hydrogens (tertiary/aromatic N) is 2. The highest BCUT2D eigenvalue weighted by Crippen LogP contribution is 2.36. The first-order valence-corrected chi connectivity index (χ1v) is 7.33. The molecule has 0 aromatic carbocycles. The highest BCUT2D eigenvalue weighted by molar-refractivity contribution is 5.49. The Morgan fingerprint density at radius 1 is 1.37 bits per heavy atom. The van der Waals surface area contributed by atoms with E-state index in [1.54, 1.807) is 0 Å². The zero-order valence-electron chi connectivity index (χ0n) is 12.4. The van der Waals surface area contributed by atoms with Gasteiger partial charge in [0.1, 0.15) is 5.82 Å². The zero-order chi connectivity index (χ0) is 13.9. The van der Waals surface area contributed by atoms with Gasteiger partial charge in [-0.15, -0.1) is 0 Å². The number of hydrogen-bond acceptors (Lipinski definition) is 4. The van der Waals surface area contributed by atoms with Crippen LogP contribution in [0.15, 0.2) is 6.20 Å². The fraction of sp³-hybridized carbons (Fsp3) is 0.733. The second kappa shape index (κ2) is 5.87. The van der Waals surface area contributed by atoms with E-state index in [0.29, 0.717) is 12.5 Å². The van der Waals surface area contributed by atoms with E-state index in [0.717, 1.165) is 30.2 Å². The third-order valence-corrected chi connectivity index (χ3v) is 3.68. The summed E-state index contributed by atoms with van der Waals surface area (Å²) in [5.41, 5.74) is 7.75. The first-order chi connectivity index (χ1) is 9.02. The summed E-state index contributed by atoms with van der Waals surface area (Å²) in [6.07, 6.45) is 6.72. The van der Waals surface area contributed by atoms with E-state index >= 15 is 0 Å². The van der Waals surface area contributed by atoms with Crippen LogP contribution in [0.1, 0.15) is 63.9 Å². The molecule has 4 heteroatoms. The molecule has 0 bridgehead atoms. The van der Waals surface area contributed by atoms with Crippen molar-refractivity contribution < 1.29 is 0 Å². The van der Waals surface area contributed by atoms with Gasteiger partial charge in [0, 0.05) is 17.9 Å². The maximum atomic E-state index is 5.53. The number of nitrogens with two attached hydrogens (primary N) is 1. The molecule has 4 nitrogen and oxygen atoms in total. The van der Waals surface area contributed by atoms with E-state index in [1.165, 1.54) is 19.3 Å². The van der Waals surface area contributed by atoms with Crippen molar-refractivity contribution in [1.82, 2.24) is 9.97 Å². The van der Waals surface area contributed by atoms with Crippen molar-refractivity contribution in [2.75, 3.05) is 18.4 Å². The van der Waals surface area contributed by atoms with Gasteiger partial charge in [0.15, 0.2) is 0 Å². The lowest BCUT2D eigenvalue weighted by molar-refractivity contribution is 0.397. The van der Waals surface area contributed by atoms with Gasteiger partial charge in [-0.1, -0.05) is 27.2 Å². The van der Waals surface area contributed by atoms with Gasteiger partial charge in [-0.3, -0.25) is 0 Å². The van der Waals surface area contributed by atoms with Crippen molar-refractivity contribution >= 4 is 5.69 Å². The molecule has 1 saturated carbocycles. The third-order valence-electron chi connectivity index (χ3n) is 3.68. The molecule has 0 unspecified atom stereocenters. The summed E-state index contributed by atoms with van der Waals surface area (Å²) in [4.78, 5) is 9.39. The molecule has 1 aliphatic rings. The summed E-state index contributed by atoms with van der Waals surface area (Å²) in [6, 6.07) is 0. The maximum Gasteiger partial charge on any atom is 0.131 e. The summed E-state index contributed by atoms with van der Waals surface area (Å²) in [6.45, 7) is 8.20. The van der Waals surface area contributed by atoms with Crippen molar-refractivity contribution in [2.24, 2.45) is 5.73 Å². The summed E-state index contributed by atoms with van der Waals surface area (Å²) in [7, 11) is 0. The van der Waals surface area contributed by atoms with E-state index in [-0.39, 0.29) is 5.41 Å². The van der Waals surface area contributed by atoms with Crippen LogP contribution in [0.2, 0.25) is 0 Å². The van der Waals surface area contributed by atoms with Crippen molar-refractivity contribution in [2.45, 2.75) is 57.8 Å². The molecule has 0 amide bonds. The average Bonchev–Trinajstić information content (AvgIpc) is 2.27. The van der Waals surface area contributed by atoms with E-state index in [2.05, 4.69) is 31.1 Å². The second-order valence-corrected chi connectivity index (χ2v) is 6.44. The Morgan fingerprint density at radius 2 is 2.11 bits per heavy atom. The van der Waals surface area contributed by atoms with E-state index in [9.17, 15) is 0 Å². The standard InChI is InChI=1S/C15H26N4/c1-15(2,3)13-12(17-9-5-8-16)10-18-14(19-13)11-6-4-7-11/h10-11,17H,4-9,16H2,1-3H3. The van der Waals surface area contributed by atoms with Gasteiger partial charge in [-0.2, -0.15) is 0 Å². The summed E-state index contributed by atoms with van der Waals surface area (Å²) in [5.74, 6) is 1.61. The van der Waals surface area contributed by atoms with Crippen LogP contribution in [0.25, 0.3) is 0 Å². The second-order valence-electron chi connectivity index (χ2n) is 6.44. The predicted molar refractivity (Wildman–Crippen MR) is 79.5 cm³/mol. The molecule has 1 fully saturated rings. The summed E-state index contributed by atoms with van der Waals surface area (Å²) >= 11 is 0. The fourth-order valence-electron chi connectivity index (χ4n) is 2.28. The van der Waals surface area contributed by atoms with Crippen molar-refractivity contribution in [3.8, 4) is 0 Å². The average molecular weight is 262 g/mol. The fourth-order valence-corrected chi connectivity index (χ4v) is 2.28. The zero-order valence-corrected chi connectivity index (χ0v) is 12.4. The molecule has 0 saturated heterocycles. The topological polar surface area (TPSA) is 63.8 Å². The Balaban J connectivity index is 2.21. The Kier molecular flexibility index (Phi) is 4.40.